The summed E-state index contributed by atoms with van der Waals surface area (Å²) in [5.74, 6) is -0.947. The van der Waals surface area contributed by atoms with Crippen molar-refractivity contribution in [2.24, 2.45) is 0 Å². The summed E-state index contributed by atoms with van der Waals surface area (Å²) in [6.07, 6.45) is -0.587. The van der Waals surface area contributed by atoms with Crippen LogP contribution in [0.25, 0.3) is 0 Å². The highest BCUT2D eigenvalue weighted by atomic mass is 35.5. The lowest BCUT2D eigenvalue weighted by Gasteiger charge is -2.49. The topological polar surface area (TPSA) is 84.7 Å². The second kappa shape index (κ2) is 5.70. The third-order valence-electron chi connectivity index (χ3n) is 3.75. The van der Waals surface area contributed by atoms with Gasteiger partial charge in [0, 0.05) is 0 Å². The van der Waals surface area contributed by atoms with E-state index >= 15 is 0 Å². The van der Waals surface area contributed by atoms with Crippen LogP contribution in [0.15, 0.2) is 0 Å². The molecule has 128 valence electrons. The van der Waals surface area contributed by atoms with E-state index in [0.29, 0.717) is 16.4 Å². The van der Waals surface area contributed by atoms with Crippen LogP contribution in [-0.4, -0.2) is 50.5 Å². The van der Waals surface area contributed by atoms with Gasteiger partial charge in [0.2, 0.25) is 0 Å². The number of carboxylic acids is 1. The highest BCUT2D eigenvalue weighted by molar-refractivity contribution is 6.31. The third kappa shape index (κ3) is 3.44. The second-order valence-corrected chi connectivity index (χ2v) is 7.41. The van der Waals surface area contributed by atoms with Crippen LogP contribution in [0.1, 0.15) is 38.6 Å². The molecular formula is C15H22ClN3O4. The first kappa shape index (κ1) is 17.6. The Kier molecular flexibility index (Phi) is 4.36. The molecule has 1 amide bonds. The van der Waals surface area contributed by atoms with Gasteiger partial charge in [-0.25, -0.2) is 4.79 Å². The molecule has 7 nitrogen and oxygen atoms in total. The maximum Gasteiger partial charge on any atom is 0.410 e. The number of rotatable bonds is 3. The fourth-order valence-electron chi connectivity index (χ4n) is 2.81. The third-order valence-corrected chi connectivity index (χ3v) is 4.30. The number of hydrogen-bond acceptors (Lipinski definition) is 4. The zero-order chi connectivity index (χ0) is 17.6. The zero-order valence-electron chi connectivity index (χ0n) is 14.0. The van der Waals surface area contributed by atoms with Crippen molar-refractivity contribution in [3.05, 3.63) is 16.4 Å². The number of aromatic nitrogens is 2. The number of aryl methyl sites for hydroxylation is 1. The van der Waals surface area contributed by atoms with Crippen LogP contribution >= 0.6 is 11.6 Å². The van der Waals surface area contributed by atoms with Crippen LogP contribution < -0.4 is 0 Å². The number of hydrogen-bond donors (Lipinski definition) is 1. The lowest BCUT2D eigenvalue weighted by atomic mass is 9.86. The van der Waals surface area contributed by atoms with Crippen LogP contribution in [0.4, 0.5) is 4.79 Å². The fraction of sp³-hybridized carbons (Fsp3) is 0.667. The maximum absolute atomic E-state index is 12.1. The molecule has 0 radical (unpaired) electrons. The summed E-state index contributed by atoms with van der Waals surface area (Å²) in [5.41, 5.74) is -0.0344. The van der Waals surface area contributed by atoms with E-state index < -0.39 is 23.2 Å². The molecule has 1 aliphatic rings. The summed E-state index contributed by atoms with van der Waals surface area (Å²) in [5, 5.41) is 14.1. The standard InChI is InChI=1S/C15H22ClN3O4/c1-9-12(16)10(2)19(17-9)15(6-11(20)21)7-18(8-15)13(22)23-14(3,4)5/h6-8H2,1-5H3,(H,20,21). The van der Waals surface area contributed by atoms with Gasteiger partial charge in [-0.3, -0.25) is 9.48 Å². The van der Waals surface area contributed by atoms with Gasteiger partial charge in [0.15, 0.2) is 0 Å². The Labute approximate surface area is 140 Å². The molecule has 1 aromatic rings. The number of carbonyl (C=O) groups is 2. The average molecular weight is 344 g/mol. The number of likely N-dealkylation sites (tertiary alicyclic amines) is 1. The average Bonchev–Trinajstić information content (AvgIpc) is 2.59. The van der Waals surface area contributed by atoms with E-state index in [9.17, 15) is 14.7 Å². The lowest BCUT2D eigenvalue weighted by Crippen LogP contribution is -2.66. The Morgan fingerprint density at radius 1 is 1.35 bits per heavy atom. The van der Waals surface area contributed by atoms with Crippen molar-refractivity contribution in [3.8, 4) is 0 Å². The Morgan fingerprint density at radius 3 is 2.30 bits per heavy atom. The van der Waals surface area contributed by atoms with E-state index in [1.807, 2.05) is 0 Å². The first-order valence-electron chi connectivity index (χ1n) is 7.37. The summed E-state index contributed by atoms with van der Waals surface area (Å²) in [6.45, 7) is 9.38. The summed E-state index contributed by atoms with van der Waals surface area (Å²) < 4.78 is 6.96. The Balaban J connectivity index is 2.23. The largest absolute Gasteiger partial charge is 0.481 e. The molecule has 1 fully saturated rings. The van der Waals surface area contributed by atoms with E-state index in [2.05, 4.69) is 5.10 Å². The second-order valence-electron chi connectivity index (χ2n) is 7.03. The molecule has 1 aliphatic heterocycles. The fourth-order valence-corrected chi connectivity index (χ4v) is 2.93. The number of carbonyl (C=O) groups excluding carboxylic acids is 1. The number of ether oxygens (including phenoxy) is 1. The van der Waals surface area contributed by atoms with Crippen LogP contribution in [-0.2, 0) is 15.1 Å². The van der Waals surface area contributed by atoms with Gasteiger partial charge >= 0.3 is 12.1 Å². The zero-order valence-corrected chi connectivity index (χ0v) is 14.8. The van der Waals surface area contributed by atoms with Crippen molar-refractivity contribution in [3.63, 3.8) is 0 Å². The summed E-state index contributed by atoms with van der Waals surface area (Å²) in [7, 11) is 0. The molecule has 1 aromatic heterocycles. The van der Waals surface area contributed by atoms with Crippen molar-refractivity contribution in [2.45, 2.75) is 52.2 Å². The van der Waals surface area contributed by atoms with Gasteiger partial charge in [0.1, 0.15) is 11.1 Å². The minimum absolute atomic E-state index is 0.134. The first-order chi connectivity index (χ1) is 10.4. The number of amides is 1. The van der Waals surface area contributed by atoms with E-state index in [4.69, 9.17) is 16.3 Å². The molecule has 2 heterocycles. The van der Waals surface area contributed by atoms with E-state index in [0.717, 1.165) is 0 Å². The lowest BCUT2D eigenvalue weighted by molar-refractivity contribution is -0.143. The van der Waals surface area contributed by atoms with Gasteiger partial charge in [-0.05, 0) is 34.6 Å². The van der Waals surface area contributed by atoms with Crippen molar-refractivity contribution < 1.29 is 19.4 Å². The first-order valence-corrected chi connectivity index (χ1v) is 7.75. The molecule has 0 aromatic carbocycles. The normalized spacial score (nSPS) is 16.9. The van der Waals surface area contributed by atoms with Gasteiger partial charge in [0.25, 0.3) is 0 Å². The molecule has 1 saturated heterocycles. The number of carboxylic acid groups (broad SMARTS) is 1. The van der Waals surface area contributed by atoms with E-state index in [-0.39, 0.29) is 19.5 Å². The number of nitrogens with zero attached hydrogens (tertiary/aromatic N) is 3. The molecule has 8 heteroatoms. The minimum Gasteiger partial charge on any atom is -0.481 e. The van der Waals surface area contributed by atoms with Gasteiger partial charge in [-0.2, -0.15) is 5.10 Å². The van der Waals surface area contributed by atoms with Crippen LogP contribution in [0.5, 0.6) is 0 Å². The smallest absolute Gasteiger partial charge is 0.410 e. The summed E-state index contributed by atoms with van der Waals surface area (Å²) >= 11 is 6.17. The van der Waals surface area contributed by atoms with Gasteiger partial charge < -0.3 is 14.7 Å². The van der Waals surface area contributed by atoms with E-state index in [1.165, 1.54) is 4.90 Å². The molecule has 1 N–H and O–H groups in total. The molecular weight excluding hydrogens is 322 g/mol. The predicted molar refractivity (Wildman–Crippen MR) is 84.7 cm³/mol. The molecule has 0 spiro atoms. The Bertz CT molecular complexity index is 642. The highest BCUT2D eigenvalue weighted by Gasteiger charge is 2.51. The maximum atomic E-state index is 12.1. The van der Waals surface area contributed by atoms with Crippen molar-refractivity contribution in [1.29, 1.82) is 0 Å². The quantitative estimate of drug-likeness (QED) is 0.911. The molecule has 0 atom stereocenters. The Hall–Kier alpha value is -1.76. The molecule has 23 heavy (non-hydrogen) atoms. The van der Waals surface area contributed by atoms with E-state index in [1.54, 1.807) is 39.3 Å². The molecule has 0 unspecified atom stereocenters. The van der Waals surface area contributed by atoms with Crippen LogP contribution in [0, 0.1) is 13.8 Å². The minimum atomic E-state index is -0.947. The summed E-state index contributed by atoms with van der Waals surface area (Å²) in [4.78, 5) is 24.9. The predicted octanol–water partition coefficient (Wildman–Crippen LogP) is 2.57. The monoisotopic (exact) mass is 343 g/mol. The molecule has 2 rings (SSSR count). The van der Waals surface area contributed by atoms with Crippen LogP contribution in [0.2, 0.25) is 5.02 Å². The molecule has 0 aliphatic carbocycles. The molecule has 0 saturated carbocycles. The van der Waals surface area contributed by atoms with Gasteiger partial charge in [-0.15, -0.1) is 0 Å². The van der Waals surface area contributed by atoms with Crippen molar-refractivity contribution >= 4 is 23.7 Å². The molecule has 0 bridgehead atoms. The summed E-state index contributed by atoms with van der Waals surface area (Å²) in [6, 6.07) is 0. The van der Waals surface area contributed by atoms with Gasteiger partial charge in [-0.1, -0.05) is 11.6 Å². The van der Waals surface area contributed by atoms with Crippen molar-refractivity contribution in [1.82, 2.24) is 14.7 Å². The number of halogens is 1. The Morgan fingerprint density at radius 2 is 1.91 bits per heavy atom. The SMILES string of the molecule is Cc1nn(C2(CC(=O)O)CN(C(=O)OC(C)(C)C)C2)c(C)c1Cl. The highest BCUT2D eigenvalue weighted by Crippen LogP contribution is 2.36. The van der Waals surface area contributed by atoms with Gasteiger partial charge in [0.05, 0.1) is 35.9 Å². The number of aliphatic carboxylic acids is 1. The van der Waals surface area contributed by atoms with Crippen LogP contribution in [0.3, 0.4) is 0 Å². The van der Waals surface area contributed by atoms with Crippen molar-refractivity contribution in [2.75, 3.05) is 13.1 Å².